The first kappa shape index (κ1) is 13.5. The number of carbonyl (C=O) groups is 1. The summed E-state index contributed by atoms with van der Waals surface area (Å²) in [6.45, 7) is 0. The zero-order valence-electron chi connectivity index (χ0n) is 11.5. The summed E-state index contributed by atoms with van der Waals surface area (Å²) in [5.74, 6) is 0.218. The number of hydrogen-bond acceptors (Lipinski definition) is 4. The lowest BCUT2D eigenvalue weighted by Gasteiger charge is -2.10. The minimum atomic E-state index is -0.307. The molecule has 6 heteroatoms. The van der Waals surface area contributed by atoms with Crippen molar-refractivity contribution in [2.24, 2.45) is 0 Å². The van der Waals surface area contributed by atoms with Crippen LogP contribution in [0, 0.1) is 11.3 Å². The smallest absolute Gasteiger partial charge is 0.255 e. The Labute approximate surface area is 126 Å². The van der Waals surface area contributed by atoms with Crippen LogP contribution in [-0.2, 0) is 0 Å². The first-order chi connectivity index (χ1) is 10.8. The van der Waals surface area contributed by atoms with Gasteiger partial charge in [0.15, 0.2) is 5.82 Å². The Morgan fingerprint density at radius 2 is 2.09 bits per heavy atom. The maximum Gasteiger partial charge on any atom is 0.255 e. The van der Waals surface area contributed by atoms with E-state index >= 15 is 0 Å². The van der Waals surface area contributed by atoms with Gasteiger partial charge in [0.1, 0.15) is 0 Å². The second-order valence-corrected chi connectivity index (χ2v) is 4.47. The van der Waals surface area contributed by atoms with Crippen LogP contribution in [0.25, 0.3) is 5.82 Å². The number of anilines is 1. The molecule has 1 amide bonds. The third-order valence-corrected chi connectivity index (χ3v) is 3.01. The van der Waals surface area contributed by atoms with Gasteiger partial charge in [-0.25, -0.2) is 9.67 Å². The van der Waals surface area contributed by atoms with Crippen LogP contribution >= 0.6 is 0 Å². The van der Waals surface area contributed by atoms with E-state index in [9.17, 15) is 4.79 Å². The van der Waals surface area contributed by atoms with Crippen LogP contribution in [-0.4, -0.2) is 20.7 Å². The van der Waals surface area contributed by atoms with Crippen molar-refractivity contribution < 1.29 is 4.79 Å². The fourth-order valence-electron chi connectivity index (χ4n) is 2.00. The Morgan fingerprint density at radius 3 is 2.86 bits per heavy atom. The van der Waals surface area contributed by atoms with E-state index in [1.807, 2.05) is 6.07 Å². The van der Waals surface area contributed by atoms with Gasteiger partial charge in [-0.1, -0.05) is 6.07 Å². The van der Waals surface area contributed by atoms with Gasteiger partial charge in [-0.2, -0.15) is 10.4 Å². The molecule has 22 heavy (non-hydrogen) atoms. The van der Waals surface area contributed by atoms with E-state index in [2.05, 4.69) is 15.4 Å². The lowest BCUT2D eigenvalue weighted by Crippen LogP contribution is -2.14. The minimum Gasteiger partial charge on any atom is -0.319 e. The molecule has 3 aromatic rings. The van der Waals surface area contributed by atoms with Crippen molar-refractivity contribution in [1.82, 2.24) is 14.8 Å². The Hall–Kier alpha value is -3.46. The van der Waals surface area contributed by atoms with Gasteiger partial charge in [0, 0.05) is 24.2 Å². The molecule has 0 aliphatic carbocycles. The predicted octanol–water partition coefficient (Wildman–Crippen LogP) is 2.39. The van der Waals surface area contributed by atoms with E-state index < -0.39 is 0 Å². The van der Waals surface area contributed by atoms with E-state index in [0.29, 0.717) is 22.6 Å². The standard InChI is InChI=1S/C16H11N5O/c17-11-12-4-1-5-13(10-12)16(22)20-14-6-2-7-18-15(14)21-9-3-8-19-21/h1-10H,(H,20,22). The summed E-state index contributed by atoms with van der Waals surface area (Å²) >= 11 is 0. The quantitative estimate of drug-likeness (QED) is 0.802. The molecule has 0 unspecified atom stereocenters. The van der Waals surface area contributed by atoms with Crippen LogP contribution in [0.3, 0.4) is 0 Å². The molecule has 0 bridgehead atoms. The topological polar surface area (TPSA) is 83.6 Å². The van der Waals surface area contributed by atoms with Crippen molar-refractivity contribution in [3.8, 4) is 11.9 Å². The van der Waals surface area contributed by atoms with Crippen LogP contribution in [0.5, 0.6) is 0 Å². The summed E-state index contributed by atoms with van der Waals surface area (Å²) in [7, 11) is 0. The van der Waals surface area contributed by atoms with Crippen LogP contribution in [0.15, 0.2) is 61.1 Å². The number of nitrogens with zero attached hydrogens (tertiary/aromatic N) is 4. The summed E-state index contributed by atoms with van der Waals surface area (Å²) < 4.78 is 1.57. The molecule has 106 valence electrons. The van der Waals surface area contributed by atoms with Gasteiger partial charge < -0.3 is 5.32 Å². The normalized spacial score (nSPS) is 9.95. The molecule has 0 saturated heterocycles. The van der Waals surface area contributed by atoms with E-state index in [0.717, 1.165) is 0 Å². The monoisotopic (exact) mass is 289 g/mol. The lowest BCUT2D eigenvalue weighted by molar-refractivity contribution is 0.102. The maximum atomic E-state index is 12.3. The highest BCUT2D eigenvalue weighted by Crippen LogP contribution is 2.17. The molecule has 3 rings (SSSR count). The molecule has 6 nitrogen and oxygen atoms in total. The predicted molar refractivity (Wildman–Crippen MR) is 80.5 cm³/mol. The Kier molecular flexibility index (Phi) is 3.62. The molecule has 1 N–H and O–H groups in total. The fraction of sp³-hybridized carbons (Fsp3) is 0. The number of pyridine rings is 1. The molecule has 0 spiro atoms. The van der Waals surface area contributed by atoms with Crippen molar-refractivity contribution >= 4 is 11.6 Å². The maximum absolute atomic E-state index is 12.3. The Morgan fingerprint density at radius 1 is 1.18 bits per heavy atom. The average molecular weight is 289 g/mol. The fourth-order valence-corrected chi connectivity index (χ4v) is 2.00. The number of rotatable bonds is 3. The second kappa shape index (κ2) is 5.89. The first-order valence-corrected chi connectivity index (χ1v) is 6.54. The number of nitrogens with one attached hydrogen (secondary N) is 1. The van der Waals surface area contributed by atoms with Crippen LogP contribution in [0.4, 0.5) is 5.69 Å². The zero-order valence-corrected chi connectivity index (χ0v) is 11.5. The highest BCUT2D eigenvalue weighted by Gasteiger charge is 2.11. The van der Waals surface area contributed by atoms with Crippen molar-refractivity contribution in [3.05, 3.63) is 72.2 Å². The molecule has 0 aliphatic heterocycles. The van der Waals surface area contributed by atoms with Crippen LogP contribution < -0.4 is 5.32 Å². The van der Waals surface area contributed by atoms with Gasteiger partial charge in [-0.3, -0.25) is 4.79 Å². The average Bonchev–Trinajstić information content (AvgIpc) is 3.09. The summed E-state index contributed by atoms with van der Waals surface area (Å²) in [5.41, 5.74) is 1.39. The number of carbonyl (C=O) groups excluding carboxylic acids is 1. The summed E-state index contributed by atoms with van der Waals surface area (Å²) in [5, 5.41) is 15.8. The van der Waals surface area contributed by atoms with Gasteiger partial charge in [0.25, 0.3) is 5.91 Å². The number of benzene rings is 1. The minimum absolute atomic E-state index is 0.307. The number of amides is 1. The molecular formula is C16H11N5O. The molecule has 2 heterocycles. The van der Waals surface area contributed by atoms with Gasteiger partial charge >= 0.3 is 0 Å². The van der Waals surface area contributed by atoms with Gasteiger partial charge in [-0.15, -0.1) is 0 Å². The van der Waals surface area contributed by atoms with E-state index in [-0.39, 0.29) is 5.91 Å². The molecular weight excluding hydrogens is 278 g/mol. The van der Waals surface area contributed by atoms with Crippen molar-refractivity contribution in [2.45, 2.75) is 0 Å². The zero-order chi connectivity index (χ0) is 15.4. The van der Waals surface area contributed by atoms with Gasteiger partial charge in [-0.05, 0) is 36.4 Å². The first-order valence-electron chi connectivity index (χ1n) is 6.54. The number of nitriles is 1. The summed E-state index contributed by atoms with van der Waals surface area (Å²) in [6, 6.07) is 13.8. The third kappa shape index (κ3) is 2.69. The summed E-state index contributed by atoms with van der Waals surface area (Å²) in [6.07, 6.45) is 5.01. The molecule has 1 aromatic carbocycles. The second-order valence-electron chi connectivity index (χ2n) is 4.47. The largest absolute Gasteiger partial charge is 0.319 e. The van der Waals surface area contributed by atoms with Gasteiger partial charge in [0.2, 0.25) is 0 Å². The van der Waals surface area contributed by atoms with Gasteiger partial charge in [0.05, 0.1) is 17.3 Å². The SMILES string of the molecule is N#Cc1cccc(C(=O)Nc2cccnc2-n2cccn2)c1. The Bertz CT molecular complexity index is 849. The Balaban J connectivity index is 1.90. The number of hydrogen-bond donors (Lipinski definition) is 1. The highest BCUT2D eigenvalue weighted by molar-refractivity contribution is 6.05. The molecule has 0 radical (unpaired) electrons. The van der Waals surface area contributed by atoms with Crippen LogP contribution in [0.1, 0.15) is 15.9 Å². The highest BCUT2D eigenvalue weighted by atomic mass is 16.1. The molecule has 0 aliphatic rings. The van der Waals surface area contributed by atoms with Crippen molar-refractivity contribution in [2.75, 3.05) is 5.32 Å². The van der Waals surface area contributed by atoms with E-state index in [1.165, 1.54) is 0 Å². The lowest BCUT2D eigenvalue weighted by atomic mass is 10.1. The number of aromatic nitrogens is 3. The van der Waals surface area contributed by atoms with Crippen LogP contribution in [0.2, 0.25) is 0 Å². The van der Waals surface area contributed by atoms with E-state index in [1.54, 1.807) is 65.7 Å². The van der Waals surface area contributed by atoms with E-state index in [4.69, 9.17) is 5.26 Å². The molecule has 0 fully saturated rings. The molecule has 2 aromatic heterocycles. The van der Waals surface area contributed by atoms with Crippen molar-refractivity contribution in [3.63, 3.8) is 0 Å². The summed E-state index contributed by atoms with van der Waals surface area (Å²) in [4.78, 5) is 16.6. The third-order valence-electron chi connectivity index (χ3n) is 3.01. The van der Waals surface area contributed by atoms with Crippen molar-refractivity contribution in [1.29, 1.82) is 5.26 Å². The molecule has 0 saturated carbocycles. The molecule has 0 atom stereocenters.